The molecular formula is C10H17NO3. The van der Waals surface area contributed by atoms with Gasteiger partial charge < -0.3 is 14.4 Å². The highest BCUT2D eigenvalue weighted by Crippen LogP contribution is 2.29. The van der Waals surface area contributed by atoms with E-state index in [2.05, 4.69) is 0 Å². The molecule has 0 aromatic heterocycles. The fourth-order valence-corrected chi connectivity index (χ4v) is 1.79. The molecule has 0 aromatic rings. The zero-order valence-electron chi connectivity index (χ0n) is 8.95. The molecule has 2 fully saturated rings. The van der Waals surface area contributed by atoms with E-state index in [0.29, 0.717) is 12.5 Å². The molecule has 80 valence electrons. The van der Waals surface area contributed by atoms with Crippen LogP contribution < -0.4 is 0 Å². The van der Waals surface area contributed by atoms with Crippen LogP contribution in [0, 0.1) is 5.92 Å². The van der Waals surface area contributed by atoms with Crippen molar-refractivity contribution >= 4 is 6.09 Å². The van der Waals surface area contributed by atoms with Crippen molar-refractivity contribution in [2.75, 3.05) is 19.7 Å². The number of likely N-dealkylation sites (tertiary alicyclic amines) is 1. The first kappa shape index (κ1) is 9.77. The topological polar surface area (TPSA) is 38.8 Å². The van der Waals surface area contributed by atoms with Gasteiger partial charge in [-0.25, -0.2) is 4.79 Å². The Balaban J connectivity index is 1.87. The first-order valence-corrected chi connectivity index (χ1v) is 5.05. The van der Waals surface area contributed by atoms with Gasteiger partial charge in [0, 0.05) is 12.5 Å². The molecule has 2 heterocycles. The Morgan fingerprint density at radius 1 is 1.43 bits per heavy atom. The molecule has 0 saturated carbocycles. The normalized spacial score (nSPS) is 30.9. The molecule has 2 rings (SSSR count). The van der Waals surface area contributed by atoms with Crippen LogP contribution in [0.3, 0.4) is 0 Å². The van der Waals surface area contributed by atoms with E-state index in [9.17, 15) is 4.79 Å². The number of amides is 1. The Morgan fingerprint density at radius 3 is 2.50 bits per heavy atom. The first-order chi connectivity index (χ1) is 6.46. The number of hydrogen-bond donors (Lipinski definition) is 0. The summed E-state index contributed by atoms with van der Waals surface area (Å²) in [5.74, 6) is 0.544. The minimum absolute atomic E-state index is 0.212. The van der Waals surface area contributed by atoms with Gasteiger partial charge in [-0.3, -0.25) is 0 Å². The van der Waals surface area contributed by atoms with Gasteiger partial charge in [0.2, 0.25) is 0 Å². The lowest BCUT2D eigenvalue weighted by atomic mass is 10.0. The molecule has 1 amide bonds. The van der Waals surface area contributed by atoms with E-state index in [-0.39, 0.29) is 12.2 Å². The number of hydrogen-bond acceptors (Lipinski definition) is 3. The standard InChI is InChI=1S/C10H17NO3/c1-10(2,3)14-9(12)11-4-7-6-13-8(7)5-11/h7-8H,4-6H2,1-3H3/t7-,8+/m1/s1. The summed E-state index contributed by atoms with van der Waals surface area (Å²) in [7, 11) is 0. The van der Waals surface area contributed by atoms with Crippen molar-refractivity contribution < 1.29 is 14.3 Å². The molecule has 2 aliphatic heterocycles. The van der Waals surface area contributed by atoms with Gasteiger partial charge in [0.05, 0.1) is 19.3 Å². The van der Waals surface area contributed by atoms with Crippen molar-refractivity contribution in [1.29, 1.82) is 0 Å². The van der Waals surface area contributed by atoms with Gasteiger partial charge in [0.1, 0.15) is 5.60 Å². The predicted octanol–water partition coefficient (Wildman–Crippen LogP) is 1.25. The van der Waals surface area contributed by atoms with E-state index in [0.717, 1.165) is 13.2 Å². The third-order valence-electron chi connectivity index (χ3n) is 2.56. The smallest absolute Gasteiger partial charge is 0.410 e. The Bertz CT molecular complexity index is 234. The van der Waals surface area contributed by atoms with Crippen molar-refractivity contribution in [3.8, 4) is 0 Å². The lowest BCUT2D eigenvalue weighted by Gasteiger charge is -2.28. The third kappa shape index (κ3) is 1.85. The summed E-state index contributed by atoms with van der Waals surface area (Å²) in [6.45, 7) is 7.92. The van der Waals surface area contributed by atoms with Gasteiger partial charge in [-0.15, -0.1) is 0 Å². The first-order valence-electron chi connectivity index (χ1n) is 5.05. The zero-order valence-corrected chi connectivity index (χ0v) is 8.95. The lowest BCUT2D eigenvalue weighted by Crippen LogP contribution is -2.38. The molecule has 0 aromatic carbocycles. The number of ether oxygens (including phenoxy) is 2. The Kier molecular flexibility index (Phi) is 2.18. The maximum atomic E-state index is 11.6. The predicted molar refractivity (Wildman–Crippen MR) is 51.0 cm³/mol. The average molecular weight is 199 g/mol. The Morgan fingerprint density at radius 2 is 2.14 bits per heavy atom. The maximum Gasteiger partial charge on any atom is 0.410 e. The second kappa shape index (κ2) is 3.12. The lowest BCUT2D eigenvalue weighted by molar-refractivity contribution is -0.0831. The summed E-state index contributed by atoms with van der Waals surface area (Å²) >= 11 is 0. The van der Waals surface area contributed by atoms with Crippen molar-refractivity contribution in [3.05, 3.63) is 0 Å². The summed E-state index contributed by atoms with van der Waals surface area (Å²) in [5.41, 5.74) is -0.403. The van der Waals surface area contributed by atoms with Crippen molar-refractivity contribution in [1.82, 2.24) is 4.90 Å². The van der Waals surface area contributed by atoms with Crippen LogP contribution >= 0.6 is 0 Å². The van der Waals surface area contributed by atoms with Gasteiger partial charge >= 0.3 is 6.09 Å². The molecule has 4 nitrogen and oxygen atoms in total. The van der Waals surface area contributed by atoms with E-state index < -0.39 is 5.60 Å². The quantitative estimate of drug-likeness (QED) is 0.589. The molecule has 0 radical (unpaired) electrons. The van der Waals surface area contributed by atoms with E-state index in [1.165, 1.54) is 0 Å². The highest BCUT2D eigenvalue weighted by molar-refractivity contribution is 5.68. The Labute approximate surface area is 84.2 Å². The van der Waals surface area contributed by atoms with E-state index >= 15 is 0 Å². The van der Waals surface area contributed by atoms with Crippen LogP contribution in [0.15, 0.2) is 0 Å². The van der Waals surface area contributed by atoms with Gasteiger partial charge in [0.25, 0.3) is 0 Å². The fraction of sp³-hybridized carbons (Fsp3) is 0.900. The van der Waals surface area contributed by atoms with E-state index in [4.69, 9.17) is 9.47 Å². The monoisotopic (exact) mass is 199 g/mol. The van der Waals surface area contributed by atoms with Crippen molar-refractivity contribution in [2.45, 2.75) is 32.5 Å². The van der Waals surface area contributed by atoms with Crippen molar-refractivity contribution in [2.24, 2.45) is 5.92 Å². The second-order valence-electron chi connectivity index (χ2n) is 5.02. The molecule has 2 saturated heterocycles. The summed E-state index contributed by atoms with van der Waals surface area (Å²) in [5, 5.41) is 0. The molecule has 4 heteroatoms. The van der Waals surface area contributed by atoms with Crippen LogP contribution in [0.5, 0.6) is 0 Å². The molecule has 2 atom stereocenters. The largest absolute Gasteiger partial charge is 0.444 e. The number of nitrogens with zero attached hydrogens (tertiary/aromatic N) is 1. The second-order valence-corrected chi connectivity index (χ2v) is 5.02. The average Bonchev–Trinajstić information content (AvgIpc) is 2.24. The summed E-state index contributed by atoms with van der Waals surface area (Å²) in [6, 6.07) is 0. The van der Waals surface area contributed by atoms with Crippen LogP contribution in [-0.2, 0) is 9.47 Å². The third-order valence-corrected chi connectivity index (χ3v) is 2.56. The molecule has 0 spiro atoms. The molecule has 2 aliphatic rings. The minimum atomic E-state index is -0.403. The highest BCUT2D eigenvalue weighted by Gasteiger charge is 2.43. The van der Waals surface area contributed by atoms with E-state index in [1.807, 2.05) is 20.8 Å². The number of rotatable bonds is 0. The highest BCUT2D eigenvalue weighted by atomic mass is 16.6. The maximum absolute atomic E-state index is 11.6. The number of carbonyl (C=O) groups is 1. The zero-order chi connectivity index (χ0) is 10.3. The number of fused-ring (bicyclic) bond motifs is 1. The molecule has 0 bridgehead atoms. The van der Waals surface area contributed by atoms with Crippen LogP contribution in [-0.4, -0.2) is 42.4 Å². The van der Waals surface area contributed by atoms with Crippen molar-refractivity contribution in [3.63, 3.8) is 0 Å². The fourth-order valence-electron chi connectivity index (χ4n) is 1.79. The molecule has 0 N–H and O–H groups in total. The number of carbonyl (C=O) groups excluding carboxylic acids is 1. The summed E-state index contributed by atoms with van der Waals surface area (Å²) in [4.78, 5) is 13.4. The van der Waals surface area contributed by atoms with E-state index in [1.54, 1.807) is 4.90 Å². The van der Waals surface area contributed by atoms with Crippen LogP contribution in [0.2, 0.25) is 0 Å². The summed E-state index contributed by atoms with van der Waals surface area (Å²) in [6.07, 6.45) is 0.0537. The van der Waals surface area contributed by atoms with Gasteiger partial charge in [-0.2, -0.15) is 0 Å². The molecule has 0 aliphatic carbocycles. The SMILES string of the molecule is CC(C)(C)OC(=O)N1C[C@@H]2CO[C@H]2C1. The molecule has 14 heavy (non-hydrogen) atoms. The van der Waals surface area contributed by atoms with Crippen LogP contribution in [0.1, 0.15) is 20.8 Å². The van der Waals surface area contributed by atoms with Gasteiger partial charge in [0.15, 0.2) is 0 Å². The van der Waals surface area contributed by atoms with Gasteiger partial charge in [-0.05, 0) is 20.8 Å². The van der Waals surface area contributed by atoms with Gasteiger partial charge in [-0.1, -0.05) is 0 Å². The van der Waals surface area contributed by atoms with Crippen LogP contribution in [0.25, 0.3) is 0 Å². The summed E-state index contributed by atoms with van der Waals surface area (Å²) < 4.78 is 10.6. The Hall–Kier alpha value is -0.770. The van der Waals surface area contributed by atoms with Crippen LogP contribution in [0.4, 0.5) is 4.79 Å². The minimum Gasteiger partial charge on any atom is -0.444 e. The molecular weight excluding hydrogens is 182 g/mol. The molecule has 0 unspecified atom stereocenters.